The van der Waals surface area contributed by atoms with Crippen molar-refractivity contribution in [2.45, 2.75) is 25.1 Å². The summed E-state index contributed by atoms with van der Waals surface area (Å²) in [5.74, 6) is 1.04. The molecule has 0 radical (unpaired) electrons. The second-order valence-corrected chi connectivity index (χ2v) is 5.19. The summed E-state index contributed by atoms with van der Waals surface area (Å²) in [6.45, 7) is 1.96. The average Bonchev–Trinajstić information content (AvgIpc) is 2.81. The standard InChI is InChI=1S/C12H11Cl3N2O/c1-2-8(13)12-16-11(18-17-12)6-7-3-4-9(14)10(15)5-7/h3-5,8H,2,6H2,1H3. The zero-order valence-corrected chi connectivity index (χ0v) is 11.9. The number of benzene rings is 1. The molecule has 0 amide bonds. The third-order valence-corrected chi connectivity index (χ3v) is 3.70. The second-order valence-electron chi connectivity index (χ2n) is 3.85. The van der Waals surface area contributed by atoms with E-state index in [-0.39, 0.29) is 5.38 Å². The van der Waals surface area contributed by atoms with Crippen molar-refractivity contribution in [2.75, 3.05) is 0 Å². The highest BCUT2D eigenvalue weighted by Gasteiger charge is 2.14. The molecule has 96 valence electrons. The van der Waals surface area contributed by atoms with E-state index in [9.17, 15) is 0 Å². The lowest BCUT2D eigenvalue weighted by atomic mass is 10.1. The van der Waals surface area contributed by atoms with Gasteiger partial charge in [0.05, 0.1) is 21.8 Å². The maximum absolute atomic E-state index is 6.03. The normalized spacial score (nSPS) is 12.7. The number of nitrogens with zero attached hydrogens (tertiary/aromatic N) is 2. The summed E-state index contributed by atoms with van der Waals surface area (Å²) in [4.78, 5) is 4.24. The minimum absolute atomic E-state index is 0.212. The van der Waals surface area contributed by atoms with Gasteiger partial charge < -0.3 is 4.52 Å². The Hall–Kier alpha value is -0.770. The number of hydrogen-bond donors (Lipinski definition) is 0. The highest BCUT2D eigenvalue weighted by molar-refractivity contribution is 6.42. The second kappa shape index (κ2) is 5.91. The molecule has 1 heterocycles. The van der Waals surface area contributed by atoms with Crippen LogP contribution in [0.3, 0.4) is 0 Å². The van der Waals surface area contributed by atoms with Crippen LogP contribution in [0.25, 0.3) is 0 Å². The quantitative estimate of drug-likeness (QED) is 0.771. The van der Waals surface area contributed by atoms with Crippen LogP contribution < -0.4 is 0 Å². The Morgan fingerprint density at radius 1 is 1.28 bits per heavy atom. The molecule has 2 rings (SSSR count). The third-order valence-electron chi connectivity index (χ3n) is 2.46. The minimum Gasteiger partial charge on any atom is -0.339 e. The lowest BCUT2D eigenvalue weighted by Gasteiger charge is -1.99. The van der Waals surface area contributed by atoms with Gasteiger partial charge in [-0.3, -0.25) is 0 Å². The molecule has 1 unspecified atom stereocenters. The lowest BCUT2D eigenvalue weighted by molar-refractivity contribution is 0.378. The molecule has 0 saturated carbocycles. The number of rotatable bonds is 4. The van der Waals surface area contributed by atoms with Crippen molar-refractivity contribution >= 4 is 34.8 Å². The zero-order valence-electron chi connectivity index (χ0n) is 9.66. The molecule has 0 saturated heterocycles. The molecule has 0 aliphatic heterocycles. The Kier molecular flexibility index (Phi) is 4.49. The molecule has 6 heteroatoms. The number of hydrogen-bond acceptors (Lipinski definition) is 3. The zero-order chi connectivity index (χ0) is 13.1. The van der Waals surface area contributed by atoms with E-state index in [2.05, 4.69) is 10.1 Å². The first-order valence-electron chi connectivity index (χ1n) is 5.50. The van der Waals surface area contributed by atoms with Crippen molar-refractivity contribution in [3.63, 3.8) is 0 Å². The van der Waals surface area contributed by atoms with Crippen LogP contribution >= 0.6 is 34.8 Å². The molecule has 0 aliphatic carbocycles. The van der Waals surface area contributed by atoms with Crippen molar-refractivity contribution in [3.8, 4) is 0 Å². The van der Waals surface area contributed by atoms with Gasteiger partial charge in [0.2, 0.25) is 5.89 Å². The summed E-state index contributed by atoms with van der Waals surface area (Å²) in [7, 11) is 0. The van der Waals surface area contributed by atoms with Gasteiger partial charge in [0.15, 0.2) is 5.82 Å². The predicted molar refractivity (Wildman–Crippen MR) is 72.5 cm³/mol. The molecule has 18 heavy (non-hydrogen) atoms. The summed E-state index contributed by atoms with van der Waals surface area (Å²) in [6.07, 6.45) is 1.27. The van der Waals surface area contributed by atoms with E-state index in [4.69, 9.17) is 39.3 Å². The fraction of sp³-hybridized carbons (Fsp3) is 0.333. The third kappa shape index (κ3) is 3.16. The maximum Gasteiger partial charge on any atom is 0.231 e. The van der Waals surface area contributed by atoms with Crippen LogP contribution in [-0.4, -0.2) is 10.1 Å². The van der Waals surface area contributed by atoms with Crippen molar-refractivity contribution in [1.29, 1.82) is 0 Å². The van der Waals surface area contributed by atoms with Gasteiger partial charge in [0.1, 0.15) is 0 Å². The Morgan fingerprint density at radius 2 is 2.06 bits per heavy atom. The van der Waals surface area contributed by atoms with Crippen LogP contribution in [0.2, 0.25) is 10.0 Å². The van der Waals surface area contributed by atoms with E-state index in [1.165, 1.54) is 0 Å². The van der Waals surface area contributed by atoms with Crippen LogP contribution in [-0.2, 0) is 6.42 Å². The van der Waals surface area contributed by atoms with Crippen molar-refractivity contribution in [1.82, 2.24) is 10.1 Å². The van der Waals surface area contributed by atoms with Crippen molar-refractivity contribution in [2.24, 2.45) is 0 Å². The number of halogens is 3. The largest absolute Gasteiger partial charge is 0.339 e. The highest BCUT2D eigenvalue weighted by Crippen LogP contribution is 2.24. The van der Waals surface area contributed by atoms with Gasteiger partial charge in [-0.2, -0.15) is 4.98 Å². The average molecular weight is 306 g/mol. The van der Waals surface area contributed by atoms with Crippen LogP contribution in [0.5, 0.6) is 0 Å². The first-order chi connectivity index (χ1) is 8.60. The SMILES string of the molecule is CCC(Cl)c1noc(Cc2ccc(Cl)c(Cl)c2)n1. The minimum atomic E-state index is -0.212. The molecule has 2 aromatic rings. The Bertz CT molecular complexity index is 542. The van der Waals surface area contributed by atoms with Crippen LogP contribution in [0.4, 0.5) is 0 Å². The molecule has 0 fully saturated rings. The molecular formula is C12H11Cl3N2O. The van der Waals surface area contributed by atoms with Gasteiger partial charge in [-0.15, -0.1) is 11.6 Å². The van der Waals surface area contributed by atoms with Gasteiger partial charge in [-0.05, 0) is 24.1 Å². The molecule has 0 aliphatic rings. The Morgan fingerprint density at radius 3 is 2.72 bits per heavy atom. The van der Waals surface area contributed by atoms with Crippen LogP contribution in [0.1, 0.15) is 36.0 Å². The molecule has 0 spiro atoms. The molecule has 1 aromatic heterocycles. The fourth-order valence-corrected chi connectivity index (χ4v) is 1.88. The van der Waals surface area contributed by atoms with Crippen molar-refractivity contribution < 1.29 is 4.52 Å². The first-order valence-corrected chi connectivity index (χ1v) is 6.70. The molecule has 3 nitrogen and oxygen atoms in total. The molecule has 1 atom stereocenters. The number of alkyl halides is 1. The summed E-state index contributed by atoms with van der Waals surface area (Å²) >= 11 is 17.8. The van der Waals surface area contributed by atoms with Gasteiger partial charge in [-0.25, -0.2) is 0 Å². The summed E-state index contributed by atoms with van der Waals surface area (Å²) in [5, 5.41) is 4.67. The van der Waals surface area contributed by atoms with Crippen LogP contribution in [0.15, 0.2) is 22.7 Å². The number of aromatic nitrogens is 2. The Balaban J connectivity index is 2.13. The molecular weight excluding hydrogens is 295 g/mol. The summed E-state index contributed by atoms with van der Waals surface area (Å²) in [6, 6.07) is 5.40. The van der Waals surface area contributed by atoms with Gasteiger partial charge in [0, 0.05) is 0 Å². The topological polar surface area (TPSA) is 38.9 Å². The van der Waals surface area contributed by atoms with E-state index in [1.807, 2.05) is 13.0 Å². The summed E-state index contributed by atoms with van der Waals surface area (Å²) in [5.41, 5.74) is 0.960. The van der Waals surface area contributed by atoms with Gasteiger partial charge >= 0.3 is 0 Å². The molecule has 0 bridgehead atoms. The van der Waals surface area contributed by atoms with Gasteiger partial charge in [-0.1, -0.05) is 41.3 Å². The maximum atomic E-state index is 6.03. The summed E-state index contributed by atoms with van der Waals surface area (Å²) < 4.78 is 5.14. The lowest BCUT2D eigenvalue weighted by Crippen LogP contribution is -1.93. The predicted octanol–water partition coefficient (Wildman–Crippen LogP) is 4.66. The van der Waals surface area contributed by atoms with E-state index >= 15 is 0 Å². The molecule has 0 N–H and O–H groups in total. The van der Waals surface area contributed by atoms with Crippen molar-refractivity contribution in [3.05, 3.63) is 45.5 Å². The monoisotopic (exact) mass is 304 g/mol. The highest BCUT2D eigenvalue weighted by atomic mass is 35.5. The van der Waals surface area contributed by atoms with Crippen LogP contribution in [0, 0.1) is 0 Å². The van der Waals surface area contributed by atoms with E-state index in [1.54, 1.807) is 12.1 Å². The smallest absolute Gasteiger partial charge is 0.231 e. The van der Waals surface area contributed by atoms with E-state index in [0.717, 1.165) is 12.0 Å². The fourth-order valence-electron chi connectivity index (χ4n) is 1.47. The molecule has 1 aromatic carbocycles. The van der Waals surface area contributed by atoms with Gasteiger partial charge in [0.25, 0.3) is 0 Å². The first kappa shape index (κ1) is 13.7. The Labute approximate surface area is 120 Å². The van der Waals surface area contributed by atoms with E-state index < -0.39 is 0 Å². The van der Waals surface area contributed by atoms with E-state index in [0.29, 0.717) is 28.2 Å².